The third kappa shape index (κ3) is 3.72. The third-order valence-electron chi connectivity index (χ3n) is 5.65. The maximum atomic E-state index is 13.0. The molecule has 0 bridgehead atoms. The highest BCUT2D eigenvalue weighted by Crippen LogP contribution is 2.29. The molecule has 0 radical (unpaired) electrons. The Bertz CT molecular complexity index is 893. The molecule has 146 valence electrons. The summed E-state index contributed by atoms with van der Waals surface area (Å²) in [5, 5.41) is 0.719. The highest BCUT2D eigenvalue weighted by atomic mass is 35.5. The highest BCUT2D eigenvalue weighted by Gasteiger charge is 2.38. The second-order valence-corrected chi connectivity index (χ2v) is 7.92. The van der Waals surface area contributed by atoms with Crippen molar-refractivity contribution in [3.8, 4) is 0 Å². The minimum atomic E-state index is -0.259. The lowest BCUT2D eigenvalue weighted by Gasteiger charge is -2.37. The highest BCUT2D eigenvalue weighted by molar-refractivity contribution is 6.30. The number of halogens is 1. The van der Waals surface area contributed by atoms with Crippen LogP contribution >= 0.6 is 11.6 Å². The molecule has 0 aliphatic carbocycles. The molecule has 0 N–H and O–H groups in total. The van der Waals surface area contributed by atoms with E-state index in [4.69, 9.17) is 11.6 Å². The third-order valence-corrected chi connectivity index (χ3v) is 5.88. The van der Waals surface area contributed by atoms with Crippen molar-refractivity contribution >= 4 is 34.8 Å². The first-order chi connectivity index (χ1) is 13.5. The maximum Gasteiger partial charge on any atom is 0.228 e. The molecule has 2 aliphatic heterocycles. The average Bonchev–Trinajstić information content (AvgIpc) is 3.09. The summed E-state index contributed by atoms with van der Waals surface area (Å²) in [6.45, 7) is 5.34. The zero-order valence-electron chi connectivity index (χ0n) is 16.0. The molecule has 1 atom stereocenters. The molecule has 6 heteroatoms. The second-order valence-electron chi connectivity index (χ2n) is 7.48. The minimum absolute atomic E-state index is 0.0326. The largest absolute Gasteiger partial charge is 0.368 e. The van der Waals surface area contributed by atoms with E-state index in [2.05, 4.69) is 4.90 Å². The van der Waals surface area contributed by atoms with Gasteiger partial charge in [-0.2, -0.15) is 0 Å². The molecular formula is C22H24ClN3O2. The number of carbonyl (C=O) groups excluding carboxylic acids is 2. The summed E-state index contributed by atoms with van der Waals surface area (Å²) in [7, 11) is 0. The number of aryl methyl sites for hydroxylation is 1. The molecular weight excluding hydrogens is 374 g/mol. The molecule has 2 heterocycles. The number of nitrogens with zero attached hydrogens (tertiary/aromatic N) is 3. The first-order valence-electron chi connectivity index (χ1n) is 9.68. The molecule has 0 spiro atoms. The fourth-order valence-corrected chi connectivity index (χ4v) is 4.27. The van der Waals surface area contributed by atoms with Crippen LogP contribution in [0, 0.1) is 12.8 Å². The fourth-order valence-electron chi connectivity index (χ4n) is 4.09. The summed E-state index contributed by atoms with van der Waals surface area (Å²) in [4.78, 5) is 31.5. The van der Waals surface area contributed by atoms with Crippen LogP contribution in [-0.4, -0.2) is 49.4 Å². The normalized spacial score (nSPS) is 20.0. The van der Waals surface area contributed by atoms with Crippen LogP contribution in [0.2, 0.25) is 5.02 Å². The summed E-state index contributed by atoms with van der Waals surface area (Å²) in [6, 6.07) is 15.6. The zero-order chi connectivity index (χ0) is 19.7. The molecule has 2 fully saturated rings. The Morgan fingerprint density at radius 1 is 1.04 bits per heavy atom. The topological polar surface area (TPSA) is 43.9 Å². The van der Waals surface area contributed by atoms with Crippen LogP contribution in [0.4, 0.5) is 11.4 Å². The number of piperazine rings is 1. The van der Waals surface area contributed by atoms with Crippen molar-refractivity contribution in [1.82, 2.24) is 4.90 Å². The lowest BCUT2D eigenvalue weighted by atomic mass is 10.1. The van der Waals surface area contributed by atoms with Crippen LogP contribution in [0.1, 0.15) is 12.0 Å². The van der Waals surface area contributed by atoms with E-state index in [9.17, 15) is 9.59 Å². The number of hydrogen-bond acceptors (Lipinski definition) is 3. The van der Waals surface area contributed by atoms with Gasteiger partial charge in [-0.1, -0.05) is 35.9 Å². The van der Waals surface area contributed by atoms with E-state index >= 15 is 0 Å². The Labute approximate surface area is 170 Å². The average molecular weight is 398 g/mol. The van der Waals surface area contributed by atoms with Gasteiger partial charge in [-0.05, 0) is 36.8 Å². The van der Waals surface area contributed by atoms with Gasteiger partial charge in [0.1, 0.15) is 0 Å². The number of rotatable bonds is 3. The van der Waals surface area contributed by atoms with E-state index in [1.807, 2.05) is 60.4 Å². The van der Waals surface area contributed by atoms with Crippen LogP contribution < -0.4 is 9.80 Å². The standard InChI is InChI=1S/C22H24ClN3O2/c1-16-5-2-3-8-20(16)26-15-17(13-21(26)27)22(28)25-11-9-24(10-12-25)19-7-4-6-18(23)14-19/h2-8,14,17H,9-13,15H2,1H3/t17-/m0/s1. The predicted molar refractivity (Wildman–Crippen MR) is 112 cm³/mol. The van der Waals surface area contributed by atoms with E-state index in [-0.39, 0.29) is 17.7 Å². The molecule has 0 aromatic heterocycles. The monoisotopic (exact) mass is 397 g/mol. The van der Waals surface area contributed by atoms with Gasteiger partial charge in [0.15, 0.2) is 0 Å². The number of hydrogen-bond donors (Lipinski definition) is 0. The number of carbonyl (C=O) groups is 2. The Morgan fingerprint density at radius 3 is 2.50 bits per heavy atom. The summed E-state index contributed by atoms with van der Waals surface area (Å²) in [5.41, 5.74) is 3.05. The quantitative estimate of drug-likeness (QED) is 0.797. The van der Waals surface area contributed by atoms with Gasteiger partial charge in [0.2, 0.25) is 11.8 Å². The summed E-state index contributed by atoms with van der Waals surface area (Å²) < 4.78 is 0. The Morgan fingerprint density at radius 2 is 1.79 bits per heavy atom. The van der Waals surface area contributed by atoms with Crippen molar-refractivity contribution < 1.29 is 9.59 Å². The van der Waals surface area contributed by atoms with Crippen molar-refractivity contribution in [2.45, 2.75) is 13.3 Å². The van der Waals surface area contributed by atoms with Crippen molar-refractivity contribution in [3.63, 3.8) is 0 Å². The first-order valence-corrected chi connectivity index (χ1v) is 10.1. The first kappa shape index (κ1) is 18.8. The van der Waals surface area contributed by atoms with Crippen molar-refractivity contribution in [2.24, 2.45) is 5.92 Å². The fraction of sp³-hybridized carbons (Fsp3) is 0.364. The number of benzene rings is 2. The molecule has 0 saturated carbocycles. The van der Waals surface area contributed by atoms with Crippen molar-refractivity contribution in [2.75, 3.05) is 42.5 Å². The van der Waals surface area contributed by atoms with E-state index in [1.54, 1.807) is 4.90 Å². The lowest BCUT2D eigenvalue weighted by Crippen LogP contribution is -2.50. The second kappa shape index (κ2) is 7.84. The van der Waals surface area contributed by atoms with Crippen molar-refractivity contribution in [3.05, 3.63) is 59.1 Å². The van der Waals surface area contributed by atoms with Crippen LogP contribution in [0.5, 0.6) is 0 Å². The molecule has 2 aromatic carbocycles. The summed E-state index contributed by atoms with van der Waals surface area (Å²) >= 11 is 6.09. The van der Waals surface area contributed by atoms with E-state index < -0.39 is 0 Å². The molecule has 2 aliphatic rings. The Balaban J connectivity index is 1.38. The van der Waals surface area contributed by atoms with E-state index in [0.29, 0.717) is 26.1 Å². The van der Waals surface area contributed by atoms with Crippen LogP contribution in [0.3, 0.4) is 0 Å². The summed E-state index contributed by atoms with van der Waals surface area (Å²) in [5.74, 6) is -0.134. The Hall–Kier alpha value is -2.53. The van der Waals surface area contributed by atoms with Gasteiger partial charge in [-0.15, -0.1) is 0 Å². The van der Waals surface area contributed by atoms with Crippen LogP contribution in [0.25, 0.3) is 0 Å². The summed E-state index contributed by atoms with van der Waals surface area (Å²) in [6.07, 6.45) is 0.293. The molecule has 0 unspecified atom stereocenters. The van der Waals surface area contributed by atoms with Gasteiger partial charge in [-0.3, -0.25) is 9.59 Å². The predicted octanol–water partition coefficient (Wildman–Crippen LogP) is 3.35. The van der Waals surface area contributed by atoms with Crippen LogP contribution in [-0.2, 0) is 9.59 Å². The van der Waals surface area contributed by atoms with Gasteiger partial charge in [0, 0.05) is 55.5 Å². The number of anilines is 2. The van der Waals surface area contributed by atoms with Gasteiger partial charge in [0.05, 0.1) is 5.92 Å². The van der Waals surface area contributed by atoms with Gasteiger partial charge in [0.25, 0.3) is 0 Å². The molecule has 2 saturated heterocycles. The molecule has 5 nitrogen and oxygen atoms in total. The van der Waals surface area contributed by atoms with E-state index in [1.165, 1.54) is 0 Å². The SMILES string of the molecule is Cc1ccccc1N1C[C@@H](C(=O)N2CCN(c3cccc(Cl)c3)CC2)CC1=O. The molecule has 2 amide bonds. The van der Waals surface area contributed by atoms with Crippen LogP contribution in [0.15, 0.2) is 48.5 Å². The Kier molecular flexibility index (Phi) is 5.27. The van der Waals surface area contributed by atoms with Crippen molar-refractivity contribution in [1.29, 1.82) is 0 Å². The van der Waals surface area contributed by atoms with Gasteiger partial charge in [-0.25, -0.2) is 0 Å². The maximum absolute atomic E-state index is 13.0. The van der Waals surface area contributed by atoms with Gasteiger partial charge >= 0.3 is 0 Å². The van der Waals surface area contributed by atoms with Gasteiger partial charge < -0.3 is 14.7 Å². The minimum Gasteiger partial charge on any atom is -0.368 e. The zero-order valence-corrected chi connectivity index (χ0v) is 16.7. The number of para-hydroxylation sites is 1. The smallest absolute Gasteiger partial charge is 0.228 e. The molecule has 28 heavy (non-hydrogen) atoms. The van der Waals surface area contributed by atoms with E-state index in [0.717, 1.165) is 35.1 Å². The number of amides is 2. The molecule has 4 rings (SSSR count). The lowest BCUT2D eigenvalue weighted by molar-refractivity contribution is -0.136. The molecule has 2 aromatic rings.